The molecule has 0 aromatic rings. The van der Waals surface area contributed by atoms with Gasteiger partial charge in [-0.3, -0.25) is 4.99 Å². The smallest absolute Gasteiger partial charge is 0.191 e. The van der Waals surface area contributed by atoms with Crippen molar-refractivity contribution in [2.45, 2.75) is 45.4 Å². The van der Waals surface area contributed by atoms with E-state index in [1.807, 2.05) is 0 Å². The lowest BCUT2D eigenvalue weighted by molar-refractivity contribution is 0.123. The Bertz CT molecular complexity index is 336. The molecule has 0 unspecified atom stereocenters. The Morgan fingerprint density at radius 1 is 1.13 bits per heavy atom. The molecule has 0 radical (unpaired) electrons. The van der Waals surface area contributed by atoms with E-state index in [1.165, 1.54) is 45.2 Å². The van der Waals surface area contributed by atoms with E-state index >= 15 is 0 Å². The van der Waals surface area contributed by atoms with E-state index in [-0.39, 0.29) is 0 Å². The van der Waals surface area contributed by atoms with Gasteiger partial charge >= 0.3 is 0 Å². The van der Waals surface area contributed by atoms with Crippen molar-refractivity contribution in [3.63, 3.8) is 0 Å². The molecule has 5 nitrogen and oxygen atoms in total. The largest absolute Gasteiger partial charge is 0.381 e. The summed E-state index contributed by atoms with van der Waals surface area (Å²) in [5, 5.41) is 6.82. The van der Waals surface area contributed by atoms with E-state index in [1.54, 1.807) is 0 Å². The van der Waals surface area contributed by atoms with Gasteiger partial charge in [0.2, 0.25) is 0 Å². The van der Waals surface area contributed by atoms with Crippen LogP contribution in [0.4, 0.5) is 0 Å². The highest BCUT2D eigenvalue weighted by atomic mass is 16.5. The summed E-state index contributed by atoms with van der Waals surface area (Å²) in [7, 11) is 2.22. The number of guanidine groups is 1. The first-order chi connectivity index (χ1) is 11.3. The number of piperidine rings is 1. The molecule has 2 rings (SSSR count). The van der Waals surface area contributed by atoms with Crippen LogP contribution in [-0.4, -0.2) is 63.8 Å². The van der Waals surface area contributed by atoms with E-state index in [9.17, 15) is 0 Å². The van der Waals surface area contributed by atoms with Crippen LogP contribution in [0, 0.1) is 11.8 Å². The first kappa shape index (κ1) is 18.5. The van der Waals surface area contributed by atoms with Gasteiger partial charge in [-0.05, 0) is 77.4 Å². The molecule has 0 atom stereocenters. The number of rotatable bonds is 10. The third-order valence-corrected chi connectivity index (χ3v) is 4.79. The maximum absolute atomic E-state index is 5.65. The Labute approximate surface area is 142 Å². The number of likely N-dealkylation sites (tertiary alicyclic amines) is 1. The van der Waals surface area contributed by atoms with Crippen LogP contribution in [0.1, 0.15) is 45.4 Å². The molecule has 0 aromatic carbocycles. The summed E-state index contributed by atoms with van der Waals surface area (Å²) in [5.41, 5.74) is 0. The van der Waals surface area contributed by atoms with Gasteiger partial charge in [0.15, 0.2) is 5.96 Å². The molecule has 0 amide bonds. The Hall–Kier alpha value is -0.810. The van der Waals surface area contributed by atoms with E-state index in [2.05, 4.69) is 34.5 Å². The number of hydrogen-bond donors (Lipinski definition) is 2. The molecule has 2 N–H and O–H groups in total. The minimum atomic E-state index is 0.841. The summed E-state index contributed by atoms with van der Waals surface area (Å²) in [6.07, 6.45) is 7.67. The lowest BCUT2D eigenvalue weighted by Gasteiger charge is -2.29. The third kappa shape index (κ3) is 8.56. The van der Waals surface area contributed by atoms with Gasteiger partial charge < -0.3 is 20.3 Å². The van der Waals surface area contributed by atoms with E-state index in [0.717, 1.165) is 57.1 Å². The highest BCUT2D eigenvalue weighted by molar-refractivity contribution is 5.79. The lowest BCUT2D eigenvalue weighted by atomic mass is 9.94. The molecule has 0 aromatic heterocycles. The summed E-state index contributed by atoms with van der Waals surface area (Å²) >= 11 is 0. The van der Waals surface area contributed by atoms with Crippen LogP contribution in [0.2, 0.25) is 0 Å². The first-order valence-electron chi connectivity index (χ1n) is 9.56. The monoisotopic (exact) mass is 324 g/mol. The Kier molecular flexibility index (Phi) is 8.76. The molecule has 23 heavy (non-hydrogen) atoms. The molecule has 2 aliphatic rings. The number of aliphatic imine (C=N–C) groups is 1. The Morgan fingerprint density at radius 2 is 1.91 bits per heavy atom. The maximum atomic E-state index is 5.65. The summed E-state index contributed by atoms with van der Waals surface area (Å²) in [6.45, 7) is 9.20. The number of hydrogen-bond acceptors (Lipinski definition) is 3. The van der Waals surface area contributed by atoms with Gasteiger partial charge in [-0.1, -0.05) is 0 Å². The second-order valence-electron chi connectivity index (χ2n) is 7.09. The molecule has 1 aliphatic carbocycles. The minimum Gasteiger partial charge on any atom is -0.381 e. The van der Waals surface area contributed by atoms with Crippen molar-refractivity contribution in [3.8, 4) is 0 Å². The van der Waals surface area contributed by atoms with E-state index in [0.29, 0.717) is 0 Å². The molecule has 1 saturated heterocycles. The van der Waals surface area contributed by atoms with Gasteiger partial charge in [-0.2, -0.15) is 0 Å². The van der Waals surface area contributed by atoms with Crippen molar-refractivity contribution in [2.24, 2.45) is 16.8 Å². The molecule has 2 fully saturated rings. The second kappa shape index (κ2) is 10.9. The zero-order chi connectivity index (χ0) is 16.3. The standard InChI is InChI=1S/C18H36N4O/c1-3-19-18(20-10-4-14-23-15-17-5-6-17)21-11-7-16-8-12-22(2)13-9-16/h16-17H,3-15H2,1-2H3,(H2,19,20,21). The Balaban J connectivity index is 1.53. The number of nitrogens with zero attached hydrogens (tertiary/aromatic N) is 2. The summed E-state index contributed by atoms with van der Waals surface area (Å²) < 4.78 is 5.65. The number of ether oxygens (including phenoxy) is 1. The van der Waals surface area contributed by atoms with Gasteiger partial charge in [-0.15, -0.1) is 0 Å². The molecular formula is C18H36N4O. The normalized spacial score (nSPS) is 20.7. The van der Waals surface area contributed by atoms with Crippen molar-refractivity contribution in [2.75, 3.05) is 53.0 Å². The molecule has 0 spiro atoms. The van der Waals surface area contributed by atoms with Crippen LogP contribution >= 0.6 is 0 Å². The van der Waals surface area contributed by atoms with Crippen molar-refractivity contribution in [1.82, 2.24) is 15.5 Å². The molecule has 1 saturated carbocycles. The Morgan fingerprint density at radius 3 is 2.61 bits per heavy atom. The van der Waals surface area contributed by atoms with E-state index in [4.69, 9.17) is 4.74 Å². The first-order valence-corrected chi connectivity index (χ1v) is 9.56. The number of nitrogens with one attached hydrogen (secondary N) is 2. The fourth-order valence-corrected chi connectivity index (χ4v) is 2.98. The third-order valence-electron chi connectivity index (χ3n) is 4.79. The summed E-state index contributed by atoms with van der Waals surface area (Å²) in [6, 6.07) is 0. The fourth-order valence-electron chi connectivity index (χ4n) is 2.98. The zero-order valence-electron chi connectivity index (χ0n) is 15.1. The van der Waals surface area contributed by atoms with Crippen molar-refractivity contribution in [3.05, 3.63) is 0 Å². The van der Waals surface area contributed by atoms with E-state index < -0.39 is 0 Å². The van der Waals surface area contributed by atoms with Gasteiger partial charge in [0, 0.05) is 32.8 Å². The SMILES string of the molecule is CCNC(=NCCCOCC1CC1)NCCC1CCN(C)CC1. The van der Waals surface area contributed by atoms with Crippen LogP contribution in [0.15, 0.2) is 4.99 Å². The molecular weight excluding hydrogens is 288 g/mol. The van der Waals surface area contributed by atoms with Crippen LogP contribution < -0.4 is 10.6 Å². The van der Waals surface area contributed by atoms with Gasteiger partial charge in [0.05, 0.1) is 0 Å². The van der Waals surface area contributed by atoms with Gasteiger partial charge in [0.25, 0.3) is 0 Å². The second-order valence-corrected chi connectivity index (χ2v) is 7.09. The molecule has 1 heterocycles. The molecule has 0 bridgehead atoms. The quantitative estimate of drug-likeness (QED) is 0.367. The van der Waals surface area contributed by atoms with Crippen molar-refractivity contribution in [1.29, 1.82) is 0 Å². The molecule has 1 aliphatic heterocycles. The molecule has 5 heteroatoms. The average Bonchev–Trinajstić information content (AvgIpc) is 3.37. The van der Waals surface area contributed by atoms with Crippen molar-refractivity contribution < 1.29 is 4.74 Å². The lowest BCUT2D eigenvalue weighted by Crippen LogP contribution is -2.39. The highest BCUT2D eigenvalue weighted by Gasteiger charge is 2.20. The highest BCUT2D eigenvalue weighted by Crippen LogP contribution is 2.28. The predicted octanol–water partition coefficient (Wildman–Crippen LogP) is 2.09. The van der Waals surface area contributed by atoms with Gasteiger partial charge in [0.1, 0.15) is 0 Å². The topological polar surface area (TPSA) is 48.9 Å². The van der Waals surface area contributed by atoms with Crippen LogP contribution in [-0.2, 0) is 4.74 Å². The summed E-state index contributed by atoms with van der Waals surface area (Å²) in [4.78, 5) is 7.08. The van der Waals surface area contributed by atoms with Gasteiger partial charge in [-0.25, -0.2) is 0 Å². The van der Waals surface area contributed by atoms with Crippen LogP contribution in [0.25, 0.3) is 0 Å². The fraction of sp³-hybridized carbons (Fsp3) is 0.944. The maximum Gasteiger partial charge on any atom is 0.191 e. The van der Waals surface area contributed by atoms with Crippen LogP contribution in [0.3, 0.4) is 0 Å². The average molecular weight is 325 g/mol. The summed E-state index contributed by atoms with van der Waals surface area (Å²) in [5.74, 6) is 2.69. The van der Waals surface area contributed by atoms with Crippen LogP contribution in [0.5, 0.6) is 0 Å². The molecule has 134 valence electrons. The zero-order valence-corrected chi connectivity index (χ0v) is 15.1. The predicted molar refractivity (Wildman–Crippen MR) is 97.0 cm³/mol. The van der Waals surface area contributed by atoms with Crippen molar-refractivity contribution >= 4 is 5.96 Å². The minimum absolute atomic E-state index is 0.841.